The summed E-state index contributed by atoms with van der Waals surface area (Å²) in [5.41, 5.74) is 0. The second-order valence-corrected chi connectivity index (χ2v) is 1.74. The predicted molar refractivity (Wildman–Crippen MR) is 37.2 cm³/mol. The van der Waals surface area contributed by atoms with Crippen LogP contribution in [-0.4, -0.2) is 26.8 Å². The van der Waals surface area contributed by atoms with Crippen LogP contribution in [0.1, 0.15) is 14.8 Å². The van der Waals surface area contributed by atoms with Crippen molar-refractivity contribution in [2.45, 2.75) is 13.3 Å². The molecule has 0 spiro atoms. The maximum Gasteiger partial charge on any atom is 0.0587 e. The first kappa shape index (κ1) is 7.92. The fraction of sp³-hybridized carbons (Fsp3) is 1.00. The Labute approximate surface area is 52.7 Å². The van der Waals surface area contributed by atoms with Crippen molar-refractivity contribution >= 4 is 0 Å². The van der Waals surface area contributed by atoms with Crippen LogP contribution in [0.5, 0.6) is 0 Å². The molecule has 0 aliphatic heterocycles. The quantitative estimate of drug-likeness (QED) is 0.542. The van der Waals surface area contributed by atoms with E-state index in [1.54, 1.807) is 7.11 Å². The Morgan fingerprint density at radius 3 is 2.75 bits per heavy atom. The highest BCUT2D eigenvalue weighted by molar-refractivity contribution is 4.41. The highest BCUT2D eigenvalue weighted by Crippen LogP contribution is 1.68. The third kappa shape index (κ3) is 5.92. The Kier molecular flexibility index (Phi) is 6.85. The minimum Gasteiger partial charge on any atom is -0.383 e. The molecule has 0 fully saturated rings. The van der Waals surface area contributed by atoms with Crippen LogP contribution in [-0.2, 0) is 4.74 Å². The molecule has 2 nitrogen and oxygen atoms in total. The summed E-state index contributed by atoms with van der Waals surface area (Å²) in [6, 6.07) is 0. The van der Waals surface area contributed by atoms with Crippen molar-refractivity contribution in [3.63, 3.8) is 0 Å². The van der Waals surface area contributed by atoms with E-state index in [-0.39, 0.29) is 1.43 Å². The van der Waals surface area contributed by atoms with Crippen LogP contribution in [0.2, 0.25) is 0 Å². The standard InChI is InChI=1S/C6H15NO.H2/c1-3-4-7-5-6-8-2;/h7H,3-6H2,1-2H3;1H. The summed E-state index contributed by atoms with van der Waals surface area (Å²) < 4.78 is 4.83. The third-order valence-corrected chi connectivity index (χ3v) is 0.910. The van der Waals surface area contributed by atoms with Crippen LogP contribution in [0, 0.1) is 0 Å². The van der Waals surface area contributed by atoms with Gasteiger partial charge in [-0.1, -0.05) is 6.92 Å². The second-order valence-electron chi connectivity index (χ2n) is 1.74. The molecule has 2 heteroatoms. The molecule has 0 amide bonds. The number of hydrogen-bond donors (Lipinski definition) is 1. The van der Waals surface area contributed by atoms with Gasteiger partial charge in [-0.25, -0.2) is 0 Å². The van der Waals surface area contributed by atoms with Gasteiger partial charge in [-0.15, -0.1) is 0 Å². The molecule has 52 valence electrons. The van der Waals surface area contributed by atoms with Crippen molar-refractivity contribution in [2.24, 2.45) is 0 Å². The van der Waals surface area contributed by atoms with Crippen molar-refractivity contribution in [3.05, 3.63) is 0 Å². The monoisotopic (exact) mass is 119 g/mol. The summed E-state index contributed by atoms with van der Waals surface area (Å²) in [5, 5.41) is 3.21. The van der Waals surface area contributed by atoms with Crippen molar-refractivity contribution in [1.29, 1.82) is 0 Å². The lowest BCUT2D eigenvalue weighted by molar-refractivity contribution is 0.199. The summed E-state index contributed by atoms with van der Waals surface area (Å²) in [4.78, 5) is 0. The van der Waals surface area contributed by atoms with Gasteiger partial charge in [-0.2, -0.15) is 0 Å². The fourth-order valence-corrected chi connectivity index (χ4v) is 0.476. The minimum atomic E-state index is 0. The number of methoxy groups -OCH3 is 1. The Balaban J connectivity index is 0. The van der Waals surface area contributed by atoms with Gasteiger partial charge in [0.15, 0.2) is 0 Å². The molecule has 0 aromatic rings. The van der Waals surface area contributed by atoms with Gasteiger partial charge < -0.3 is 10.1 Å². The number of hydrogen-bond acceptors (Lipinski definition) is 2. The molecular weight excluding hydrogens is 102 g/mol. The van der Waals surface area contributed by atoms with E-state index in [4.69, 9.17) is 4.74 Å². The van der Waals surface area contributed by atoms with E-state index in [0.29, 0.717) is 0 Å². The summed E-state index contributed by atoms with van der Waals surface area (Å²) >= 11 is 0. The topological polar surface area (TPSA) is 21.3 Å². The molecule has 0 aliphatic carbocycles. The second kappa shape index (κ2) is 6.92. The van der Waals surface area contributed by atoms with E-state index >= 15 is 0 Å². The first-order chi connectivity index (χ1) is 3.91. The van der Waals surface area contributed by atoms with Crippen LogP contribution in [0.25, 0.3) is 0 Å². The summed E-state index contributed by atoms with van der Waals surface area (Å²) in [7, 11) is 1.72. The van der Waals surface area contributed by atoms with Gasteiger partial charge in [0.2, 0.25) is 0 Å². The highest BCUT2D eigenvalue weighted by Gasteiger charge is 1.80. The first-order valence-corrected chi connectivity index (χ1v) is 3.11. The van der Waals surface area contributed by atoms with Gasteiger partial charge in [-0.05, 0) is 13.0 Å². The molecule has 0 atom stereocenters. The SMILES string of the molecule is CCCNCCOC.[HH]. The van der Waals surface area contributed by atoms with E-state index in [1.165, 1.54) is 6.42 Å². The zero-order chi connectivity index (χ0) is 6.24. The molecule has 0 aromatic carbocycles. The van der Waals surface area contributed by atoms with E-state index in [0.717, 1.165) is 19.7 Å². The predicted octanol–water partition coefficient (Wildman–Crippen LogP) is 0.878. The van der Waals surface area contributed by atoms with E-state index in [1.807, 2.05) is 0 Å². The lowest BCUT2D eigenvalue weighted by Crippen LogP contribution is -2.19. The fourth-order valence-electron chi connectivity index (χ4n) is 0.476. The van der Waals surface area contributed by atoms with Gasteiger partial charge in [0.1, 0.15) is 0 Å². The van der Waals surface area contributed by atoms with Crippen LogP contribution in [0.3, 0.4) is 0 Å². The van der Waals surface area contributed by atoms with Crippen molar-refractivity contribution < 1.29 is 6.16 Å². The maximum atomic E-state index is 4.83. The van der Waals surface area contributed by atoms with Gasteiger partial charge in [0.25, 0.3) is 0 Å². The van der Waals surface area contributed by atoms with Crippen LogP contribution < -0.4 is 5.32 Å². The summed E-state index contributed by atoms with van der Waals surface area (Å²) in [6.07, 6.45) is 1.20. The Hall–Kier alpha value is -0.0800. The largest absolute Gasteiger partial charge is 0.383 e. The van der Waals surface area contributed by atoms with Gasteiger partial charge in [0, 0.05) is 15.1 Å². The van der Waals surface area contributed by atoms with Crippen LogP contribution >= 0.6 is 0 Å². The van der Waals surface area contributed by atoms with E-state index in [2.05, 4.69) is 12.2 Å². The Morgan fingerprint density at radius 1 is 1.50 bits per heavy atom. The lowest BCUT2D eigenvalue weighted by atomic mass is 10.5. The normalized spacial score (nSPS) is 9.75. The molecule has 0 saturated carbocycles. The van der Waals surface area contributed by atoms with Crippen LogP contribution in [0.15, 0.2) is 0 Å². The Bertz CT molecular complexity index is 38.0. The zero-order valence-electron chi connectivity index (χ0n) is 5.74. The molecule has 0 saturated heterocycles. The first-order valence-electron chi connectivity index (χ1n) is 3.11. The van der Waals surface area contributed by atoms with Gasteiger partial charge >= 0.3 is 0 Å². The molecule has 0 aromatic heterocycles. The van der Waals surface area contributed by atoms with E-state index in [9.17, 15) is 0 Å². The number of nitrogens with one attached hydrogen (secondary N) is 1. The van der Waals surface area contributed by atoms with Crippen molar-refractivity contribution in [2.75, 3.05) is 26.8 Å². The molecule has 8 heavy (non-hydrogen) atoms. The molecule has 1 N–H and O–H groups in total. The van der Waals surface area contributed by atoms with Gasteiger partial charge in [0.05, 0.1) is 6.61 Å². The molecule has 0 aliphatic rings. The average molecular weight is 119 g/mol. The van der Waals surface area contributed by atoms with E-state index < -0.39 is 0 Å². The number of rotatable bonds is 5. The van der Waals surface area contributed by atoms with Crippen molar-refractivity contribution in [1.82, 2.24) is 5.32 Å². The average Bonchev–Trinajstić information content (AvgIpc) is 1.81. The summed E-state index contributed by atoms with van der Waals surface area (Å²) in [5.74, 6) is 0. The zero-order valence-corrected chi connectivity index (χ0v) is 5.74. The molecule has 0 heterocycles. The molecule has 0 radical (unpaired) electrons. The van der Waals surface area contributed by atoms with Crippen LogP contribution in [0.4, 0.5) is 0 Å². The molecule has 0 unspecified atom stereocenters. The minimum absolute atomic E-state index is 0. The Morgan fingerprint density at radius 2 is 2.25 bits per heavy atom. The lowest BCUT2D eigenvalue weighted by Gasteiger charge is -1.98. The smallest absolute Gasteiger partial charge is 0.0587 e. The van der Waals surface area contributed by atoms with Crippen molar-refractivity contribution in [3.8, 4) is 0 Å². The van der Waals surface area contributed by atoms with Gasteiger partial charge in [-0.3, -0.25) is 0 Å². The highest BCUT2D eigenvalue weighted by atomic mass is 16.5. The molecule has 0 rings (SSSR count). The maximum absolute atomic E-state index is 4.83. The summed E-state index contributed by atoms with van der Waals surface area (Å²) in [6.45, 7) is 5.05. The molecule has 0 bridgehead atoms. The third-order valence-electron chi connectivity index (χ3n) is 0.910. The number of ether oxygens (including phenoxy) is 1. The molecular formula is C6H17NO.